The molecule has 2 fully saturated rings. The Morgan fingerprint density at radius 2 is 1.69 bits per heavy atom. The highest BCUT2D eigenvalue weighted by Gasteiger charge is 2.48. The number of carbonyl (C=O) groups excluding carboxylic acids is 1. The van der Waals surface area contributed by atoms with Crippen molar-refractivity contribution in [2.75, 3.05) is 29.9 Å². The second-order valence-corrected chi connectivity index (χ2v) is 11.4. The van der Waals surface area contributed by atoms with E-state index in [0.29, 0.717) is 5.69 Å². The number of nitrogens with zero attached hydrogens (tertiary/aromatic N) is 1. The predicted molar refractivity (Wildman–Crippen MR) is 99.6 cm³/mol. The molecule has 0 bridgehead atoms. The Morgan fingerprint density at radius 3 is 2.27 bits per heavy atom. The summed E-state index contributed by atoms with van der Waals surface area (Å²) in [6.45, 7) is 2.86. The fraction of sp³-hybridized carbons (Fsp3) is 0.588. The third-order valence-electron chi connectivity index (χ3n) is 5.03. The Balaban J connectivity index is 1.89. The number of nitrogens with one attached hydrogen (secondary N) is 1. The van der Waals surface area contributed by atoms with Gasteiger partial charge in [-0.1, -0.05) is 6.42 Å². The quantitative estimate of drug-likeness (QED) is 0.811. The second kappa shape index (κ2) is 7.28. The number of anilines is 1. The fourth-order valence-corrected chi connectivity index (χ4v) is 8.62. The summed E-state index contributed by atoms with van der Waals surface area (Å²) in [6.07, 6.45) is 3.03. The van der Waals surface area contributed by atoms with Crippen molar-refractivity contribution in [2.24, 2.45) is 0 Å². The van der Waals surface area contributed by atoms with Crippen LogP contribution < -0.4 is 5.32 Å². The lowest BCUT2D eigenvalue weighted by Gasteiger charge is -2.34. The Labute approximate surface area is 154 Å². The lowest BCUT2D eigenvalue weighted by atomic mass is 10.1. The summed E-state index contributed by atoms with van der Waals surface area (Å²) in [5, 5.41) is 1.64. The maximum absolute atomic E-state index is 13.1. The maximum atomic E-state index is 13.1. The van der Waals surface area contributed by atoms with E-state index in [1.807, 2.05) is 4.90 Å². The van der Waals surface area contributed by atoms with Gasteiger partial charge in [0.15, 0.2) is 19.7 Å². The van der Waals surface area contributed by atoms with Crippen LogP contribution in [0.1, 0.15) is 26.2 Å². The van der Waals surface area contributed by atoms with Gasteiger partial charge in [0.1, 0.15) is 0 Å². The molecule has 2 unspecified atom stereocenters. The number of hydrogen-bond donors (Lipinski definition) is 1. The van der Waals surface area contributed by atoms with Crippen molar-refractivity contribution in [1.82, 2.24) is 4.90 Å². The van der Waals surface area contributed by atoms with Gasteiger partial charge in [0, 0.05) is 18.7 Å². The van der Waals surface area contributed by atoms with Crippen molar-refractivity contribution < 1.29 is 21.6 Å². The molecule has 1 aromatic carbocycles. The van der Waals surface area contributed by atoms with Crippen molar-refractivity contribution >= 4 is 31.3 Å². The van der Waals surface area contributed by atoms with E-state index in [1.165, 1.54) is 31.2 Å². The molecule has 2 atom stereocenters. The van der Waals surface area contributed by atoms with E-state index in [-0.39, 0.29) is 22.3 Å². The number of carbonyl (C=O) groups is 1. The molecule has 2 saturated heterocycles. The summed E-state index contributed by atoms with van der Waals surface area (Å²) < 4.78 is 50.7. The van der Waals surface area contributed by atoms with E-state index in [4.69, 9.17) is 0 Å². The zero-order chi connectivity index (χ0) is 18.9. The first kappa shape index (κ1) is 19.3. The summed E-state index contributed by atoms with van der Waals surface area (Å²) in [5.74, 6) is -0.669. The first-order chi connectivity index (χ1) is 12.2. The lowest BCUT2D eigenvalue weighted by molar-refractivity contribution is -0.114. The van der Waals surface area contributed by atoms with E-state index in [9.17, 15) is 21.6 Å². The molecule has 7 nitrogen and oxygen atoms in total. The monoisotopic (exact) mass is 400 g/mol. The van der Waals surface area contributed by atoms with Crippen LogP contribution in [0.3, 0.4) is 0 Å². The second-order valence-electron chi connectivity index (χ2n) is 7.03. The molecule has 0 saturated carbocycles. The molecule has 0 radical (unpaired) electrons. The molecule has 0 spiro atoms. The fourth-order valence-electron chi connectivity index (χ4n) is 3.79. The number of hydrogen-bond acceptors (Lipinski definition) is 6. The van der Waals surface area contributed by atoms with Crippen LogP contribution in [-0.4, -0.2) is 63.5 Å². The molecule has 2 heterocycles. The van der Waals surface area contributed by atoms with Crippen LogP contribution in [0, 0.1) is 0 Å². The van der Waals surface area contributed by atoms with Crippen LogP contribution in [0.2, 0.25) is 0 Å². The summed E-state index contributed by atoms with van der Waals surface area (Å²) >= 11 is 0. The lowest BCUT2D eigenvalue weighted by Crippen LogP contribution is -2.48. The van der Waals surface area contributed by atoms with Gasteiger partial charge in [-0.05, 0) is 50.2 Å². The van der Waals surface area contributed by atoms with E-state index in [2.05, 4.69) is 5.32 Å². The number of rotatable bonds is 4. The van der Waals surface area contributed by atoms with Gasteiger partial charge in [-0.2, -0.15) is 0 Å². The number of amides is 1. The molecule has 3 rings (SSSR count). The topological polar surface area (TPSA) is 101 Å². The Hall–Kier alpha value is -1.45. The SMILES string of the molecule is CC(=O)Nc1ccc(S(=O)(=O)C2CS(=O)(=O)CC2N2CCCCC2)cc1. The Bertz CT molecular complexity index is 872. The standard InChI is InChI=1S/C17H24N2O5S2/c1-13(20)18-14-5-7-15(8-6-14)26(23,24)17-12-25(21,22)11-16(17)19-9-3-2-4-10-19/h5-8,16-17H,2-4,9-12H2,1H3,(H,18,20). The van der Waals surface area contributed by atoms with E-state index >= 15 is 0 Å². The number of benzene rings is 1. The van der Waals surface area contributed by atoms with Crippen LogP contribution in [0.4, 0.5) is 5.69 Å². The minimum Gasteiger partial charge on any atom is -0.326 e. The number of likely N-dealkylation sites (tertiary alicyclic amines) is 1. The van der Waals surface area contributed by atoms with Gasteiger partial charge >= 0.3 is 0 Å². The first-order valence-electron chi connectivity index (χ1n) is 8.75. The summed E-state index contributed by atoms with van der Waals surface area (Å²) in [7, 11) is -7.17. The summed E-state index contributed by atoms with van der Waals surface area (Å²) in [4.78, 5) is 13.2. The molecule has 1 aromatic rings. The van der Waals surface area contributed by atoms with Gasteiger partial charge in [-0.25, -0.2) is 16.8 Å². The van der Waals surface area contributed by atoms with Crippen LogP contribution in [0.15, 0.2) is 29.2 Å². The Morgan fingerprint density at radius 1 is 1.08 bits per heavy atom. The minimum absolute atomic E-state index is 0.0933. The third kappa shape index (κ3) is 4.10. The van der Waals surface area contributed by atoms with E-state index in [0.717, 1.165) is 32.4 Å². The highest BCUT2D eigenvalue weighted by molar-refractivity contribution is 7.96. The van der Waals surface area contributed by atoms with Crippen molar-refractivity contribution in [2.45, 2.75) is 42.4 Å². The third-order valence-corrected chi connectivity index (χ3v) is 9.17. The van der Waals surface area contributed by atoms with Crippen molar-refractivity contribution in [3.63, 3.8) is 0 Å². The van der Waals surface area contributed by atoms with Crippen LogP contribution in [-0.2, 0) is 24.5 Å². The highest BCUT2D eigenvalue weighted by Crippen LogP contribution is 2.31. The predicted octanol–water partition coefficient (Wildman–Crippen LogP) is 1.07. The van der Waals surface area contributed by atoms with Gasteiger partial charge in [0.25, 0.3) is 0 Å². The van der Waals surface area contributed by atoms with Crippen molar-refractivity contribution in [1.29, 1.82) is 0 Å². The molecular formula is C17H24N2O5S2. The molecule has 2 aliphatic rings. The summed E-state index contributed by atoms with van der Waals surface area (Å²) in [6, 6.07) is 5.42. The molecule has 9 heteroatoms. The molecule has 1 N–H and O–H groups in total. The normalized spacial score (nSPS) is 26.5. The molecule has 0 aromatic heterocycles. The molecule has 0 aliphatic carbocycles. The van der Waals surface area contributed by atoms with E-state index < -0.39 is 31.0 Å². The zero-order valence-corrected chi connectivity index (χ0v) is 16.4. The van der Waals surface area contributed by atoms with Crippen LogP contribution >= 0.6 is 0 Å². The Kier molecular flexibility index (Phi) is 5.41. The largest absolute Gasteiger partial charge is 0.326 e. The average molecular weight is 401 g/mol. The van der Waals surface area contributed by atoms with Gasteiger partial charge in [-0.3, -0.25) is 9.69 Å². The molecule has 26 heavy (non-hydrogen) atoms. The van der Waals surface area contributed by atoms with Crippen molar-refractivity contribution in [3.05, 3.63) is 24.3 Å². The highest BCUT2D eigenvalue weighted by atomic mass is 32.2. The zero-order valence-electron chi connectivity index (χ0n) is 14.7. The maximum Gasteiger partial charge on any atom is 0.221 e. The van der Waals surface area contributed by atoms with Crippen LogP contribution in [0.25, 0.3) is 0 Å². The van der Waals surface area contributed by atoms with E-state index in [1.54, 1.807) is 0 Å². The minimum atomic E-state index is -3.79. The van der Waals surface area contributed by atoms with Gasteiger partial charge in [0.2, 0.25) is 5.91 Å². The molecule has 2 aliphatic heterocycles. The smallest absolute Gasteiger partial charge is 0.221 e. The summed E-state index contributed by atoms with van der Waals surface area (Å²) in [5.41, 5.74) is 0.503. The van der Waals surface area contributed by atoms with Gasteiger partial charge in [0.05, 0.1) is 21.7 Å². The van der Waals surface area contributed by atoms with Crippen molar-refractivity contribution in [3.8, 4) is 0 Å². The van der Waals surface area contributed by atoms with Gasteiger partial charge < -0.3 is 5.32 Å². The number of piperidine rings is 1. The number of sulfone groups is 2. The van der Waals surface area contributed by atoms with Gasteiger partial charge in [-0.15, -0.1) is 0 Å². The average Bonchev–Trinajstić information content (AvgIpc) is 2.92. The molecule has 1 amide bonds. The first-order valence-corrected chi connectivity index (χ1v) is 12.1. The molecule has 144 valence electrons. The molecular weight excluding hydrogens is 376 g/mol. The van der Waals surface area contributed by atoms with Crippen LogP contribution in [0.5, 0.6) is 0 Å².